The molecular formula is C21H26N4O4. The molecule has 3 aliphatic heterocycles. The van der Waals surface area contributed by atoms with Crippen molar-refractivity contribution in [2.24, 2.45) is 0 Å². The normalized spacial score (nSPS) is 28.3. The molecule has 1 aromatic carbocycles. The van der Waals surface area contributed by atoms with Crippen molar-refractivity contribution in [3.63, 3.8) is 0 Å². The lowest BCUT2D eigenvalue weighted by atomic mass is 10.0. The number of rotatable bonds is 3. The Morgan fingerprint density at radius 2 is 1.83 bits per heavy atom. The number of carbonyl (C=O) groups excluding carboxylic acids is 4. The smallest absolute Gasteiger partial charge is 0.262 e. The molecule has 0 radical (unpaired) electrons. The van der Waals surface area contributed by atoms with Crippen LogP contribution >= 0.6 is 0 Å². The Bertz CT molecular complexity index is 883. The van der Waals surface area contributed by atoms with Crippen LogP contribution in [0, 0.1) is 0 Å². The number of fused-ring (bicyclic) bond motifs is 1. The highest BCUT2D eigenvalue weighted by Crippen LogP contribution is 2.29. The van der Waals surface area contributed by atoms with Gasteiger partial charge in [0.25, 0.3) is 11.8 Å². The number of piperidine rings is 1. The number of imide groups is 2. The van der Waals surface area contributed by atoms with Crippen LogP contribution in [0.2, 0.25) is 0 Å². The standard InChI is InChI=1S/C21H26N4O4/c1-12-9-13(2)24(8-7-22-12)11-14-3-4-15-16(10-14)21(29)25(20(15)28)17-5-6-18(26)23-19(17)27/h3-4,10,12-13,17,22H,5-9,11H2,1-2H3,(H,23,26,27). The number of benzene rings is 1. The van der Waals surface area contributed by atoms with Crippen LogP contribution < -0.4 is 10.6 Å². The van der Waals surface area contributed by atoms with Gasteiger partial charge in [-0.2, -0.15) is 0 Å². The van der Waals surface area contributed by atoms with E-state index < -0.39 is 23.8 Å². The third-order valence-corrected chi connectivity index (χ3v) is 6.10. The molecule has 4 rings (SSSR count). The van der Waals surface area contributed by atoms with Crippen LogP contribution in [-0.4, -0.2) is 64.6 Å². The highest BCUT2D eigenvalue weighted by atomic mass is 16.2. The van der Waals surface area contributed by atoms with Crippen molar-refractivity contribution < 1.29 is 19.2 Å². The Morgan fingerprint density at radius 3 is 2.59 bits per heavy atom. The molecule has 0 saturated carbocycles. The first-order valence-electron chi connectivity index (χ1n) is 10.2. The van der Waals surface area contributed by atoms with Crippen LogP contribution in [0.1, 0.15) is 59.4 Å². The molecular weight excluding hydrogens is 372 g/mol. The predicted molar refractivity (Wildman–Crippen MR) is 105 cm³/mol. The van der Waals surface area contributed by atoms with Gasteiger partial charge in [0.2, 0.25) is 11.8 Å². The number of hydrogen-bond donors (Lipinski definition) is 2. The van der Waals surface area contributed by atoms with Crippen molar-refractivity contribution in [2.45, 2.75) is 57.8 Å². The van der Waals surface area contributed by atoms with Crippen molar-refractivity contribution in [1.82, 2.24) is 20.4 Å². The first-order valence-corrected chi connectivity index (χ1v) is 10.2. The fourth-order valence-electron chi connectivity index (χ4n) is 4.50. The van der Waals surface area contributed by atoms with Gasteiger partial charge in [0.15, 0.2) is 0 Å². The Hall–Kier alpha value is -2.58. The molecule has 4 amide bonds. The van der Waals surface area contributed by atoms with Gasteiger partial charge in [-0.15, -0.1) is 0 Å². The maximum absolute atomic E-state index is 13.0. The summed E-state index contributed by atoms with van der Waals surface area (Å²) in [5.41, 5.74) is 1.63. The molecule has 2 saturated heterocycles. The van der Waals surface area contributed by atoms with Crippen LogP contribution in [0.25, 0.3) is 0 Å². The molecule has 8 nitrogen and oxygen atoms in total. The summed E-state index contributed by atoms with van der Waals surface area (Å²) >= 11 is 0. The second-order valence-electron chi connectivity index (χ2n) is 8.24. The zero-order valence-corrected chi connectivity index (χ0v) is 16.7. The van der Waals surface area contributed by atoms with E-state index in [1.54, 1.807) is 12.1 Å². The fourth-order valence-corrected chi connectivity index (χ4v) is 4.50. The minimum atomic E-state index is -0.929. The summed E-state index contributed by atoms with van der Waals surface area (Å²) in [6.07, 6.45) is 1.33. The van der Waals surface area contributed by atoms with E-state index in [-0.39, 0.29) is 18.7 Å². The second-order valence-corrected chi connectivity index (χ2v) is 8.24. The summed E-state index contributed by atoms with van der Waals surface area (Å²) in [6, 6.07) is 5.28. The van der Waals surface area contributed by atoms with E-state index in [2.05, 4.69) is 29.4 Å². The lowest BCUT2D eigenvalue weighted by molar-refractivity contribution is -0.136. The zero-order valence-electron chi connectivity index (χ0n) is 16.7. The molecule has 3 heterocycles. The van der Waals surface area contributed by atoms with E-state index in [9.17, 15) is 19.2 Å². The lowest BCUT2D eigenvalue weighted by Gasteiger charge is -2.27. The minimum Gasteiger partial charge on any atom is -0.313 e. The molecule has 3 aliphatic rings. The second kappa shape index (κ2) is 7.68. The maximum atomic E-state index is 13.0. The van der Waals surface area contributed by atoms with Gasteiger partial charge in [0, 0.05) is 38.1 Å². The van der Waals surface area contributed by atoms with Crippen LogP contribution in [0.4, 0.5) is 0 Å². The third kappa shape index (κ3) is 3.70. The van der Waals surface area contributed by atoms with Crippen molar-refractivity contribution >= 4 is 23.6 Å². The molecule has 3 unspecified atom stereocenters. The molecule has 0 aliphatic carbocycles. The van der Waals surface area contributed by atoms with Crippen LogP contribution in [0.5, 0.6) is 0 Å². The Kier molecular flexibility index (Phi) is 5.23. The summed E-state index contributed by atoms with van der Waals surface area (Å²) in [5, 5.41) is 5.70. The highest BCUT2D eigenvalue weighted by Gasteiger charge is 2.44. The molecule has 154 valence electrons. The van der Waals surface area contributed by atoms with Gasteiger partial charge in [-0.3, -0.25) is 34.3 Å². The average Bonchev–Trinajstić information content (AvgIpc) is 2.80. The minimum absolute atomic E-state index is 0.119. The third-order valence-electron chi connectivity index (χ3n) is 6.10. The van der Waals surface area contributed by atoms with Gasteiger partial charge in [-0.1, -0.05) is 6.07 Å². The fraction of sp³-hybridized carbons (Fsp3) is 0.524. The number of carbonyl (C=O) groups is 4. The monoisotopic (exact) mass is 398 g/mol. The molecule has 2 N–H and O–H groups in total. The number of amides is 4. The molecule has 3 atom stereocenters. The van der Waals surface area contributed by atoms with Crippen molar-refractivity contribution in [3.8, 4) is 0 Å². The van der Waals surface area contributed by atoms with Crippen molar-refractivity contribution in [3.05, 3.63) is 34.9 Å². The summed E-state index contributed by atoms with van der Waals surface area (Å²) in [4.78, 5) is 52.7. The van der Waals surface area contributed by atoms with E-state index in [1.807, 2.05) is 6.07 Å². The maximum Gasteiger partial charge on any atom is 0.262 e. The Labute approximate surface area is 169 Å². The van der Waals surface area contributed by atoms with Gasteiger partial charge < -0.3 is 5.32 Å². The van der Waals surface area contributed by atoms with Crippen molar-refractivity contribution in [2.75, 3.05) is 13.1 Å². The molecule has 1 aromatic rings. The Balaban J connectivity index is 1.54. The number of nitrogens with one attached hydrogen (secondary N) is 2. The van der Waals surface area contributed by atoms with E-state index in [1.165, 1.54) is 0 Å². The first-order chi connectivity index (χ1) is 13.8. The summed E-state index contributed by atoms with van der Waals surface area (Å²) in [6.45, 7) is 6.91. The van der Waals surface area contributed by atoms with Crippen LogP contribution in [0.3, 0.4) is 0 Å². The average molecular weight is 398 g/mol. The SMILES string of the molecule is CC1CC(C)N(Cc2ccc3c(c2)C(=O)N(C2CCC(=O)NC2=O)C3=O)CCN1. The largest absolute Gasteiger partial charge is 0.313 e. The van der Waals surface area contributed by atoms with Crippen molar-refractivity contribution in [1.29, 1.82) is 0 Å². The quantitative estimate of drug-likeness (QED) is 0.726. The summed E-state index contributed by atoms with van der Waals surface area (Å²) in [5.74, 6) is -1.88. The molecule has 0 aromatic heterocycles. The van der Waals surface area contributed by atoms with Gasteiger partial charge >= 0.3 is 0 Å². The lowest BCUT2D eigenvalue weighted by Crippen LogP contribution is -2.54. The molecule has 0 bridgehead atoms. The number of nitrogens with zero attached hydrogens (tertiary/aromatic N) is 2. The first kappa shape index (κ1) is 19.7. The highest BCUT2D eigenvalue weighted by molar-refractivity contribution is 6.23. The van der Waals surface area contributed by atoms with Crippen LogP contribution in [0.15, 0.2) is 18.2 Å². The molecule has 8 heteroatoms. The van der Waals surface area contributed by atoms with Gasteiger partial charge in [-0.25, -0.2) is 0 Å². The van der Waals surface area contributed by atoms with E-state index >= 15 is 0 Å². The van der Waals surface area contributed by atoms with E-state index in [0.29, 0.717) is 29.8 Å². The topological polar surface area (TPSA) is 98.8 Å². The molecule has 29 heavy (non-hydrogen) atoms. The Morgan fingerprint density at radius 1 is 1.07 bits per heavy atom. The van der Waals surface area contributed by atoms with Gasteiger partial charge in [0.1, 0.15) is 6.04 Å². The van der Waals surface area contributed by atoms with Crippen LogP contribution in [-0.2, 0) is 16.1 Å². The summed E-state index contributed by atoms with van der Waals surface area (Å²) < 4.78 is 0. The number of hydrogen-bond acceptors (Lipinski definition) is 6. The molecule has 2 fully saturated rings. The van der Waals surface area contributed by atoms with E-state index in [4.69, 9.17) is 0 Å². The summed E-state index contributed by atoms with van der Waals surface area (Å²) in [7, 11) is 0. The van der Waals surface area contributed by atoms with Gasteiger partial charge in [0.05, 0.1) is 11.1 Å². The predicted octanol–water partition coefficient (Wildman–Crippen LogP) is 0.660. The van der Waals surface area contributed by atoms with Gasteiger partial charge in [-0.05, 0) is 44.4 Å². The zero-order chi connectivity index (χ0) is 20.7. The molecule has 0 spiro atoms. The van der Waals surface area contributed by atoms with E-state index in [0.717, 1.165) is 30.0 Å².